The lowest BCUT2D eigenvalue weighted by atomic mass is 9.87. The van der Waals surface area contributed by atoms with Gasteiger partial charge in [-0.15, -0.1) is 0 Å². The Bertz CT molecular complexity index is 4150. The molecule has 68 heavy (non-hydrogen) atoms. The molecule has 2 heterocycles. The summed E-state index contributed by atoms with van der Waals surface area (Å²) in [6.45, 7) is 0. The molecule has 0 saturated carbocycles. The molecule has 11 aromatic carbocycles. The molecule has 0 saturated heterocycles. The zero-order valence-corrected chi connectivity index (χ0v) is 36.9. The number of nitrogens with zero attached hydrogens (tertiary/aromatic N) is 2. The molecule has 0 aliphatic rings. The van der Waals surface area contributed by atoms with Gasteiger partial charge in [-0.05, 0) is 115 Å². The Hall–Kier alpha value is -8.98. The summed E-state index contributed by atoms with van der Waals surface area (Å²) in [5.74, 6) is 0. The van der Waals surface area contributed by atoms with Crippen molar-refractivity contribution in [3.63, 3.8) is 0 Å². The molecule has 0 atom stereocenters. The summed E-state index contributed by atoms with van der Waals surface area (Å²) in [6.07, 6.45) is 0. The van der Waals surface area contributed by atoms with Crippen LogP contribution in [0.5, 0.6) is 0 Å². The van der Waals surface area contributed by atoms with Crippen molar-refractivity contribution in [3.05, 3.63) is 267 Å². The van der Waals surface area contributed by atoms with Crippen molar-refractivity contribution in [3.8, 4) is 78.1 Å². The number of rotatable bonds is 8. The van der Waals surface area contributed by atoms with Crippen LogP contribution in [-0.2, 0) is 0 Å². The van der Waals surface area contributed by atoms with E-state index in [1.165, 1.54) is 0 Å². The van der Waals surface area contributed by atoms with E-state index in [0.717, 1.165) is 116 Å². The first-order chi connectivity index (χ1) is 35.8. The van der Waals surface area contributed by atoms with Crippen molar-refractivity contribution in [2.24, 2.45) is 0 Å². The van der Waals surface area contributed by atoms with Gasteiger partial charge < -0.3 is 9.13 Å². The van der Waals surface area contributed by atoms with E-state index in [4.69, 9.17) is 4.11 Å². The molecule has 0 aliphatic heterocycles. The molecular weight excluding hydrogens is 821 g/mol. The Balaban J connectivity index is 1.09. The fraction of sp³-hybridized carbons (Fsp3) is 0. The van der Waals surface area contributed by atoms with Crippen LogP contribution in [0, 0.1) is 0 Å². The number of aromatic nitrogens is 2. The van der Waals surface area contributed by atoms with Gasteiger partial charge in [0.05, 0.1) is 28.9 Å². The van der Waals surface area contributed by atoms with E-state index in [-0.39, 0.29) is 29.9 Å². The van der Waals surface area contributed by atoms with E-state index in [2.05, 4.69) is 223 Å². The number of hydrogen-bond acceptors (Lipinski definition) is 0. The minimum Gasteiger partial charge on any atom is -0.309 e. The van der Waals surface area contributed by atoms with Crippen LogP contribution >= 0.6 is 0 Å². The average molecular weight is 870 g/mol. The molecule has 0 N–H and O–H groups in total. The summed E-state index contributed by atoms with van der Waals surface area (Å²) in [7, 11) is 0. The molecule has 13 aromatic rings. The van der Waals surface area contributed by atoms with Crippen molar-refractivity contribution >= 4 is 43.6 Å². The highest BCUT2D eigenvalue weighted by Gasteiger charge is 2.21. The van der Waals surface area contributed by atoms with Gasteiger partial charge in [0.25, 0.3) is 0 Å². The fourth-order valence-corrected chi connectivity index (χ4v) is 10.5. The van der Waals surface area contributed by atoms with Gasteiger partial charge in [0.15, 0.2) is 0 Å². The second-order valence-electron chi connectivity index (χ2n) is 17.2. The molecule has 2 heteroatoms. The summed E-state index contributed by atoms with van der Waals surface area (Å²) in [6, 6.07) is 81.2. The van der Waals surface area contributed by atoms with Crippen LogP contribution in [0.15, 0.2) is 267 Å². The smallest absolute Gasteiger partial charge is 0.0645 e. The standard InChI is InChI=1S/C66H44N2/c1-6-20-45(21-7-1)53-31-18-32-54(46-22-8-2-9-23-46)65(53)49-36-39-58-57-30-16-17-35-61(57)68(63(58)42-49)52-38-41-62-60(44-52)59-40-37-50(43-64(59)67(62)51-28-14-5-15-29-51)66-55(47-24-10-3-11-25-47)33-19-34-56(66)48-26-12-4-13-27-48/h1-44H/i5D,14D,15D,28D,29D. The average Bonchev–Trinajstić information content (AvgIpc) is 3.96. The number of fused-ring (bicyclic) bond motifs is 6. The quantitative estimate of drug-likeness (QED) is 0.144. The van der Waals surface area contributed by atoms with Crippen molar-refractivity contribution in [2.75, 3.05) is 0 Å². The lowest BCUT2D eigenvalue weighted by molar-refractivity contribution is 1.17. The molecule has 2 nitrogen and oxygen atoms in total. The maximum atomic E-state index is 9.34. The number of hydrogen-bond donors (Lipinski definition) is 0. The van der Waals surface area contributed by atoms with E-state index in [1.807, 2.05) is 22.8 Å². The Morgan fingerprint density at radius 2 is 0.647 bits per heavy atom. The van der Waals surface area contributed by atoms with Crippen LogP contribution in [0.1, 0.15) is 6.85 Å². The predicted molar refractivity (Wildman–Crippen MR) is 288 cm³/mol. The highest BCUT2D eigenvalue weighted by molar-refractivity contribution is 6.14. The first-order valence-electron chi connectivity index (χ1n) is 25.5. The third-order valence-electron chi connectivity index (χ3n) is 13.4. The van der Waals surface area contributed by atoms with Gasteiger partial charge in [0.1, 0.15) is 0 Å². The molecule has 0 bridgehead atoms. The SMILES string of the molecule is [2H]c1c([2H])c([2H])c(-n2c3ccc(-n4c5ccccc5c5ccc(-c6c(-c7ccccc7)cccc6-c6ccccc6)cc54)cc3c3ccc(-c4c(-c5ccccc5)cccc4-c4ccccc4)cc32)c([2H])c1[2H]. The van der Waals surface area contributed by atoms with Crippen LogP contribution in [-0.4, -0.2) is 9.13 Å². The molecule has 318 valence electrons. The minimum absolute atomic E-state index is 0.100. The lowest BCUT2D eigenvalue weighted by Gasteiger charge is -2.17. The van der Waals surface area contributed by atoms with Crippen LogP contribution in [0.3, 0.4) is 0 Å². The van der Waals surface area contributed by atoms with Crippen molar-refractivity contribution in [1.29, 1.82) is 0 Å². The second kappa shape index (κ2) is 16.5. The summed E-state index contributed by atoms with van der Waals surface area (Å²) < 4.78 is 49.1. The molecule has 0 aliphatic carbocycles. The van der Waals surface area contributed by atoms with E-state index < -0.39 is 6.04 Å². The summed E-state index contributed by atoms with van der Waals surface area (Å²) >= 11 is 0. The lowest BCUT2D eigenvalue weighted by Crippen LogP contribution is -1.96. The summed E-state index contributed by atoms with van der Waals surface area (Å²) in [5.41, 5.74) is 17.6. The Kier molecular flexibility index (Phi) is 8.33. The first-order valence-corrected chi connectivity index (χ1v) is 23.0. The highest BCUT2D eigenvalue weighted by Crippen LogP contribution is 2.45. The summed E-state index contributed by atoms with van der Waals surface area (Å²) in [5, 5.41) is 4.02. The second-order valence-corrected chi connectivity index (χ2v) is 17.2. The van der Waals surface area contributed by atoms with Gasteiger partial charge in [-0.2, -0.15) is 0 Å². The third-order valence-corrected chi connectivity index (χ3v) is 13.4. The van der Waals surface area contributed by atoms with Gasteiger partial charge in [-0.1, -0.05) is 218 Å². The summed E-state index contributed by atoms with van der Waals surface area (Å²) in [4.78, 5) is 0. The highest BCUT2D eigenvalue weighted by atomic mass is 15.0. The van der Waals surface area contributed by atoms with Gasteiger partial charge in [0.2, 0.25) is 0 Å². The third kappa shape index (κ3) is 6.57. The van der Waals surface area contributed by atoms with Crippen LogP contribution in [0.4, 0.5) is 0 Å². The molecule has 0 fully saturated rings. The molecular formula is C66H44N2. The van der Waals surface area contributed by atoms with Crippen LogP contribution < -0.4 is 0 Å². The van der Waals surface area contributed by atoms with Gasteiger partial charge in [-0.3, -0.25) is 0 Å². The van der Waals surface area contributed by atoms with Crippen molar-refractivity contribution in [1.82, 2.24) is 9.13 Å². The zero-order chi connectivity index (χ0) is 49.3. The maximum Gasteiger partial charge on any atom is 0.0645 e. The molecule has 0 amide bonds. The van der Waals surface area contributed by atoms with Crippen LogP contribution in [0.25, 0.3) is 122 Å². The van der Waals surface area contributed by atoms with Gasteiger partial charge in [-0.25, -0.2) is 0 Å². The topological polar surface area (TPSA) is 9.86 Å². The van der Waals surface area contributed by atoms with Crippen molar-refractivity contribution in [2.45, 2.75) is 0 Å². The largest absolute Gasteiger partial charge is 0.309 e. The fourth-order valence-electron chi connectivity index (χ4n) is 10.5. The molecule has 0 spiro atoms. The van der Waals surface area contributed by atoms with Gasteiger partial charge in [0, 0.05) is 32.9 Å². The Labute approximate surface area is 402 Å². The zero-order valence-electron chi connectivity index (χ0n) is 41.9. The molecule has 0 radical (unpaired) electrons. The Morgan fingerprint density at radius 1 is 0.250 bits per heavy atom. The molecule has 0 unspecified atom stereocenters. The molecule has 13 rings (SSSR count). The molecule has 2 aromatic heterocycles. The van der Waals surface area contributed by atoms with Gasteiger partial charge >= 0.3 is 0 Å². The Morgan fingerprint density at radius 3 is 1.13 bits per heavy atom. The number of benzene rings is 11. The number of para-hydroxylation sites is 2. The predicted octanol–water partition coefficient (Wildman–Crippen LogP) is 17.9. The normalized spacial score (nSPS) is 12.6. The monoisotopic (exact) mass is 869 g/mol. The van der Waals surface area contributed by atoms with E-state index >= 15 is 0 Å². The van der Waals surface area contributed by atoms with E-state index in [1.54, 1.807) is 0 Å². The minimum atomic E-state index is -0.431. The van der Waals surface area contributed by atoms with E-state index in [9.17, 15) is 2.74 Å². The van der Waals surface area contributed by atoms with Crippen molar-refractivity contribution < 1.29 is 6.85 Å². The maximum absolute atomic E-state index is 9.34. The van der Waals surface area contributed by atoms with Crippen LogP contribution in [0.2, 0.25) is 0 Å². The van der Waals surface area contributed by atoms with E-state index in [0.29, 0.717) is 0 Å². The first kappa shape index (κ1) is 34.4.